The Bertz CT molecular complexity index is 7180. The molecule has 0 fully saturated rings. The highest BCUT2D eigenvalue weighted by Crippen LogP contribution is 2.45. The summed E-state index contributed by atoms with van der Waals surface area (Å²) >= 11 is 0. The third-order valence-electron chi connectivity index (χ3n) is 21.2. The second-order valence-electron chi connectivity index (χ2n) is 27.6. The van der Waals surface area contributed by atoms with Gasteiger partial charge in [0.2, 0.25) is 0 Å². The van der Waals surface area contributed by atoms with Gasteiger partial charge in [0.15, 0.2) is 22.8 Å². The molecule has 0 spiro atoms. The van der Waals surface area contributed by atoms with Crippen LogP contribution < -0.4 is 0 Å². The number of benzene rings is 16. The van der Waals surface area contributed by atoms with Crippen LogP contribution in [-0.2, 0) is 0 Å². The van der Waals surface area contributed by atoms with Crippen molar-refractivity contribution in [2.45, 2.75) is 0 Å². The quantitative estimate of drug-likeness (QED) is 0.136. The Labute approximate surface area is 620 Å². The third-order valence-corrected chi connectivity index (χ3v) is 21.2. The number of hydrogen-bond donors (Lipinski definition) is 0. The molecule has 504 valence electrons. The highest BCUT2D eigenvalue weighted by molar-refractivity contribution is 6.17. The Morgan fingerprint density at radius 2 is 0.537 bits per heavy atom. The average molecular weight is 1380 g/mol. The lowest BCUT2D eigenvalue weighted by Gasteiger charge is -2.11. The van der Waals surface area contributed by atoms with Gasteiger partial charge in [-0.05, 0) is 145 Å². The summed E-state index contributed by atoms with van der Waals surface area (Å²) in [7, 11) is 0. The van der Waals surface area contributed by atoms with E-state index in [1.807, 2.05) is 60.7 Å². The summed E-state index contributed by atoms with van der Waals surface area (Å²) in [6.45, 7) is 0. The van der Waals surface area contributed by atoms with Crippen molar-refractivity contribution in [2.75, 3.05) is 0 Å². The Kier molecular flexibility index (Phi) is 14.7. The standard InChI is InChI=1S/2C50H31N3O/c1-3-13-32(14-4-1)34-17-11-18-38(30-34)47-49-48(52-50(51-47)33-15-5-2-6-16-33)46-40(21-12-24-45(46)54-49)37-26-25-36-31-39(28-27-35(36)29-37)53-43-22-9-7-19-41(43)42-20-8-10-23-44(42)53;1-3-12-32(13-4-1)33-22-24-34(25-23-33)47-49-48(52-50(51-47)35-14-5-2-6-15-35)46-40(18-11-21-45(46)54-49)38-27-26-37-31-39(29-28-36(37)30-38)53-43-19-9-7-16-41(43)42-17-8-10-20-44(42)53/h2*1-31H. The summed E-state index contributed by atoms with van der Waals surface area (Å²) in [6.07, 6.45) is 0. The smallest absolute Gasteiger partial charge is 0.180 e. The summed E-state index contributed by atoms with van der Waals surface area (Å²) in [5.41, 5.74) is 26.0. The monoisotopic (exact) mass is 1380 g/mol. The highest BCUT2D eigenvalue weighted by atomic mass is 16.3. The molecule has 0 unspecified atom stereocenters. The van der Waals surface area contributed by atoms with Crippen LogP contribution in [0.5, 0.6) is 0 Å². The zero-order valence-corrected chi connectivity index (χ0v) is 58.3. The minimum absolute atomic E-state index is 0.664. The third kappa shape index (κ3) is 10.6. The minimum atomic E-state index is 0.664. The number of para-hydroxylation sites is 4. The zero-order valence-electron chi connectivity index (χ0n) is 58.3. The number of rotatable bonds is 10. The first-order chi connectivity index (χ1) is 53.5. The van der Waals surface area contributed by atoms with Gasteiger partial charge in [0, 0.05) is 55.2 Å². The summed E-state index contributed by atoms with van der Waals surface area (Å²) < 4.78 is 18.2. The lowest BCUT2D eigenvalue weighted by Crippen LogP contribution is -1.94. The largest absolute Gasteiger partial charge is 0.452 e. The molecule has 0 N–H and O–H groups in total. The molecule has 0 atom stereocenters. The molecule has 16 aromatic carbocycles. The fraction of sp³-hybridized carbons (Fsp3) is 0. The lowest BCUT2D eigenvalue weighted by molar-refractivity contribution is 0.667. The second-order valence-corrected chi connectivity index (χ2v) is 27.6. The highest BCUT2D eigenvalue weighted by Gasteiger charge is 2.25. The van der Waals surface area contributed by atoms with Crippen molar-refractivity contribution in [2.24, 2.45) is 0 Å². The van der Waals surface area contributed by atoms with Crippen LogP contribution in [0.25, 0.3) is 210 Å². The molecular formula is C100H62N6O2. The van der Waals surface area contributed by atoms with Gasteiger partial charge >= 0.3 is 0 Å². The van der Waals surface area contributed by atoms with Crippen molar-refractivity contribution >= 4 is 109 Å². The molecule has 22 aromatic rings. The molecule has 0 saturated heterocycles. The minimum Gasteiger partial charge on any atom is -0.452 e. The van der Waals surface area contributed by atoms with Gasteiger partial charge in [-0.3, -0.25) is 0 Å². The van der Waals surface area contributed by atoms with E-state index in [0.29, 0.717) is 22.8 Å². The van der Waals surface area contributed by atoms with Crippen molar-refractivity contribution in [3.8, 4) is 101 Å². The molecule has 0 aliphatic carbocycles. The van der Waals surface area contributed by atoms with Crippen LogP contribution in [0, 0.1) is 0 Å². The van der Waals surface area contributed by atoms with Crippen molar-refractivity contribution in [3.05, 3.63) is 376 Å². The fourth-order valence-corrected chi connectivity index (χ4v) is 16.1. The molecule has 0 saturated carbocycles. The summed E-state index contributed by atoms with van der Waals surface area (Å²) in [6, 6.07) is 132. The molecule has 0 aliphatic heterocycles. The maximum atomic E-state index is 6.72. The number of hydrogen-bond acceptors (Lipinski definition) is 6. The molecule has 0 amide bonds. The number of aromatic nitrogens is 6. The van der Waals surface area contributed by atoms with Crippen molar-refractivity contribution < 1.29 is 8.83 Å². The first kappa shape index (κ1) is 62.0. The van der Waals surface area contributed by atoms with E-state index < -0.39 is 0 Å². The average Bonchev–Trinajstić information content (AvgIpc) is 1.59. The van der Waals surface area contributed by atoms with Crippen LogP contribution in [0.15, 0.2) is 385 Å². The van der Waals surface area contributed by atoms with E-state index in [1.165, 1.54) is 70.7 Å². The SMILES string of the molecule is c1ccc(-c2ccc(-c3nc(-c4ccccc4)nc4c3oc3cccc(-c5ccc6cc(-n7c8ccccc8c8ccccc87)ccc6c5)c34)cc2)cc1.c1ccc(-c2cccc(-c3nc(-c4ccccc4)nc4c3oc3cccc(-c5ccc6cc(-n7c8ccccc8c8ccccc87)ccc6c5)c34)c2)cc1. The topological polar surface area (TPSA) is 87.7 Å². The number of nitrogens with zero attached hydrogens (tertiary/aromatic N) is 6. The van der Waals surface area contributed by atoms with Crippen LogP contribution in [0.4, 0.5) is 0 Å². The molecular weight excluding hydrogens is 1320 g/mol. The van der Waals surface area contributed by atoms with Gasteiger partial charge < -0.3 is 18.0 Å². The summed E-state index contributed by atoms with van der Waals surface area (Å²) in [4.78, 5) is 20.8. The lowest BCUT2D eigenvalue weighted by atomic mass is 9.97. The molecule has 6 aromatic heterocycles. The maximum Gasteiger partial charge on any atom is 0.180 e. The molecule has 8 nitrogen and oxygen atoms in total. The van der Waals surface area contributed by atoms with Crippen molar-refractivity contribution in [3.63, 3.8) is 0 Å². The van der Waals surface area contributed by atoms with Gasteiger partial charge in [-0.15, -0.1) is 0 Å². The van der Waals surface area contributed by atoms with Crippen LogP contribution >= 0.6 is 0 Å². The summed E-state index contributed by atoms with van der Waals surface area (Å²) in [5.74, 6) is 1.33. The molecule has 108 heavy (non-hydrogen) atoms. The Hall–Kier alpha value is -14.6. The zero-order chi connectivity index (χ0) is 71.2. The second kappa shape index (κ2) is 25.7. The Morgan fingerprint density at radius 3 is 0.981 bits per heavy atom. The van der Waals surface area contributed by atoms with Gasteiger partial charge in [0.25, 0.3) is 0 Å². The normalized spacial score (nSPS) is 11.7. The molecule has 0 aliphatic rings. The maximum absolute atomic E-state index is 6.72. The Balaban J connectivity index is 0.000000138. The molecule has 0 radical (unpaired) electrons. The van der Waals surface area contributed by atoms with Gasteiger partial charge in [-0.2, -0.15) is 0 Å². The van der Waals surface area contributed by atoms with Gasteiger partial charge in [0.1, 0.15) is 33.6 Å². The predicted molar refractivity (Wildman–Crippen MR) is 446 cm³/mol. The van der Waals surface area contributed by atoms with E-state index >= 15 is 0 Å². The van der Waals surface area contributed by atoms with Crippen LogP contribution in [0.3, 0.4) is 0 Å². The molecule has 6 heterocycles. The molecule has 22 rings (SSSR count). The predicted octanol–water partition coefficient (Wildman–Crippen LogP) is 26.6. The van der Waals surface area contributed by atoms with Crippen LogP contribution in [0.2, 0.25) is 0 Å². The number of fused-ring (bicyclic) bond motifs is 14. The van der Waals surface area contributed by atoms with Gasteiger partial charge in [-0.25, -0.2) is 19.9 Å². The van der Waals surface area contributed by atoms with Crippen LogP contribution in [-0.4, -0.2) is 29.1 Å². The number of furan rings is 2. The first-order valence-corrected chi connectivity index (χ1v) is 36.5. The Morgan fingerprint density at radius 1 is 0.213 bits per heavy atom. The van der Waals surface area contributed by atoms with Gasteiger partial charge in [0.05, 0.1) is 32.8 Å². The van der Waals surface area contributed by atoms with Crippen molar-refractivity contribution in [1.82, 2.24) is 29.1 Å². The van der Waals surface area contributed by atoms with Crippen LogP contribution in [0.1, 0.15) is 0 Å². The van der Waals surface area contributed by atoms with E-state index in [-0.39, 0.29) is 0 Å². The van der Waals surface area contributed by atoms with Crippen molar-refractivity contribution in [1.29, 1.82) is 0 Å². The van der Waals surface area contributed by atoms with E-state index in [4.69, 9.17) is 28.8 Å². The van der Waals surface area contributed by atoms with E-state index in [2.05, 4.69) is 325 Å². The van der Waals surface area contributed by atoms with E-state index in [9.17, 15) is 0 Å². The van der Waals surface area contributed by atoms with E-state index in [0.717, 1.165) is 117 Å². The molecule has 0 bridgehead atoms. The summed E-state index contributed by atoms with van der Waals surface area (Å²) in [5, 5.41) is 11.7. The first-order valence-electron chi connectivity index (χ1n) is 36.5. The fourth-order valence-electron chi connectivity index (χ4n) is 16.1. The molecule has 8 heteroatoms. The van der Waals surface area contributed by atoms with E-state index in [1.54, 1.807) is 0 Å². The van der Waals surface area contributed by atoms with Gasteiger partial charge in [-0.1, -0.05) is 297 Å².